The second-order valence-electron chi connectivity index (χ2n) is 6.47. The lowest BCUT2D eigenvalue weighted by molar-refractivity contribution is -0.116. The number of carbonyl (C=O) groups is 1. The van der Waals surface area contributed by atoms with Gasteiger partial charge in [-0.1, -0.05) is 49.4 Å². The van der Waals surface area contributed by atoms with Gasteiger partial charge in [-0.3, -0.25) is 9.59 Å². The highest BCUT2D eigenvalue weighted by Crippen LogP contribution is 2.26. The maximum Gasteiger partial charge on any atom is 0.275 e. The van der Waals surface area contributed by atoms with Gasteiger partial charge >= 0.3 is 0 Å². The Hall–Kier alpha value is -3.47. The molecule has 134 valence electrons. The molecule has 0 atom stereocenters. The van der Waals surface area contributed by atoms with Gasteiger partial charge in [-0.05, 0) is 35.4 Å². The van der Waals surface area contributed by atoms with Crippen LogP contribution in [0.4, 0.5) is 5.69 Å². The first-order chi connectivity index (χ1) is 13.2. The Morgan fingerprint density at radius 3 is 2.52 bits per heavy atom. The van der Waals surface area contributed by atoms with Gasteiger partial charge in [0.25, 0.3) is 5.56 Å². The number of anilines is 1. The van der Waals surface area contributed by atoms with Crippen molar-refractivity contribution in [3.8, 4) is 11.3 Å². The van der Waals surface area contributed by atoms with Crippen molar-refractivity contribution in [2.45, 2.75) is 19.8 Å². The topological polar surface area (TPSA) is 74.8 Å². The number of benzene rings is 3. The van der Waals surface area contributed by atoms with Gasteiger partial charge in [-0.15, -0.1) is 0 Å². The number of aromatic amines is 1. The normalized spacial score (nSPS) is 11.0. The standard InChI is InChI=1S/C22H19N3O2/c1-2-7-20(26)23-17-11-6-5-10-16(17)21-22(27)25-19-13-15-9-4-3-8-14(15)12-18(19)24-21/h3-6,8-13H,2,7H2,1H3,(H,23,26)(H,25,27). The molecular weight excluding hydrogens is 338 g/mol. The van der Waals surface area contributed by atoms with Crippen molar-refractivity contribution >= 4 is 33.4 Å². The zero-order chi connectivity index (χ0) is 18.8. The maximum atomic E-state index is 12.7. The van der Waals surface area contributed by atoms with Crippen molar-refractivity contribution < 1.29 is 4.79 Å². The highest BCUT2D eigenvalue weighted by Gasteiger charge is 2.13. The zero-order valence-electron chi connectivity index (χ0n) is 15.0. The fourth-order valence-corrected chi connectivity index (χ4v) is 3.19. The first kappa shape index (κ1) is 17.0. The second kappa shape index (κ2) is 7.03. The van der Waals surface area contributed by atoms with Crippen LogP contribution in [0.1, 0.15) is 19.8 Å². The third kappa shape index (κ3) is 3.31. The Bertz CT molecular complexity index is 1210. The summed E-state index contributed by atoms with van der Waals surface area (Å²) in [5.74, 6) is -0.0758. The quantitative estimate of drug-likeness (QED) is 0.529. The van der Waals surface area contributed by atoms with E-state index in [1.807, 2.05) is 55.5 Å². The number of fused-ring (bicyclic) bond motifs is 2. The molecule has 4 rings (SSSR count). The average molecular weight is 357 g/mol. The summed E-state index contributed by atoms with van der Waals surface area (Å²) in [5, 5.41) is 4.98. The second-order valence-corrected chi connectivity index (χ2v) is 6.47. The van der Waals surface area contributed by atoms with E-state index in [2.05, 4.69) is 15.3 Å². The molecular formula is C22H19N3O2. The number of carbonyl (C=O) groups excluding carboxylic acids is 1. The van der Waals surface area contributed by atoms with E-state index in [0.717, 1.165) is 17.2 Å². The van der Waals surface area contributed by atoms with Gasteiger partial charge in [-0.2, -0.15) is 0 Å². The Morgan fingerprint density at radius 2 is 1.74 bits per heavy atom. The van der Waals surface area contributed by atoms with Gasteiger partial charge in [0.05, 0.1) is 16.7 Å². The molecule has 0 radical (unpaired) electrons. The molecule has 1 heterocycles. The summed E-state index contributed by atoms with van der Waals surface area (Å²) in [5.41, 5.74) is 2.61. The van der Waals surface area contributed by atoms with Crippen LogP contribution in [-0.4, -0.2) is 15.9 Å². The Morgan fingerprint density at radius 1 is 1.04 bits per heavy atom. The van der Waals surface area contributed by atoms with Gasteiger partial charge in [0.2, 0.25) is 5.91 Å². The molecule has 1 aromatic heterocycles. The van der Waals surface area contributed by atoms with E-state index < -0.39 is 0 Å². The minimum atomic E-state index is -0.282. The number of aromatic nitrogens is 2. The number of amides is 1. The van der Waals surface area contributed by atoms with Gasteiger partial charge in [0.15, 0.2) is 0 Å². The van der Waals surface area contributed by atoms with Crippen LogP contribution in [0.5, 0.6) is 0 Å². The van der Waals surface area contributed by atoms with Crippen LogP contribution in [0, 0.1) is 0 Å². The van der Waals surface area contributed by atoms with E-state index in [9.17, 15) is 9.59 Å². The lowest BCUT2D eigenvalue weighted by Crippen LogP contribution is -2.15. The summed E-state index contributed by atoms with van der Waals surface area (Å²) in [6, 6.07) is 19.1. The highest BCUT2D eigenvalue weighted by atomic mass is 16.1. The predicted molar refractivity (Wildman–Crippen MR) is 109 cm³/mol. The van der Waals surface area contributed by atoms with E-state index in [4.69, 9.17) is 0 Å². The first-order valence-electron chi connectivity index (χ1n) is 8.98. The fraction of sp³-hybridized carbons (Fsp3) is 0.136. The molecule has 3 aromatic carbocycles. The van der Waals surface area contributed by atoms with Crippen molar-refractivity contribution in [2.24, 2.45) is 0 Å². The van der Waals surface area contributed by atoms with Crippen LogP contribution in [0.25, 0.3) is 33.1 Å². The van der Waals surface area contributed by atoms with E-state index in [0.29, 0.717) is 34.4 Å². The van der Waals surface area contributed by atoms with Crippen molar-refractivity contribution in [2.75, 3.05) is 5.32 Å². The van der Waals surface area contributed by atoms with E-state index in [1.165, 1.54) is 0 Å². The largest absolute Gasteiger partial charge is 0.325 e. The number of rotatable bonds is 4. The molecule has 27 heavy (non-hydrogen) atoms. The monoisotopic (exact) mass is 357 g/mol. The van der Waals surface area contributed by atoms with Crippen molar-refractivity contribution in [1.82, 2.24) is 9.97 Å². The van der Waals surface area contributed by atoms with Crippen LogP contribution in [-0.2, 0) is 4.79 Å². The van der Waals surface area contributed by atoms with Gasteiger partial charge in [-0.25, -0.2) is 4.98 Å². The molecule has 0 aliphatic heterocycles. The summed E-state index contributed by atoms with van der Waals surface area (Å²) in [6.07, 6.45) is 1.19. The van der Waals surface area contributed by atoms with E-state index in [1.54, 1.807) is 12.1 Å². The molecule has 1 amide bonds. The molecule has 4 aromatic rings. The average Bonchev–Trinajstić information content (AvgIpc) is 2.67. The number of hydrogen-bond donors (Lipinski definition) is 2. The number of nitrogens with zero attached hydrogens (tertiary/aromatic N) is 1. The predicted octanol–water partition coefficient (Wildman–Crippen LogP) is 4.48. The molecule has 5 nitrogen and oxygen atoms in total. The lowest BCUT2D eigenvalue weighted by Gasteiger charge is -2.11. The Balaban J connectivity index is 1.87. The first-order valence-corrected chi connectivity index (χ1v) is 8.98. The summed E-state index contributed by atoms with van der Waals surface area (Å²) in [4.78, 5) is 32.3. The third-order valence-electron chi connectivity index (χ3n) is 4.49. The zero-order valence-corrected chi connectivity index (χ0v) is 15.0. The Labute approximate surface area is 156 Å². The molecule has 0 saturated heterocycles. The SMILES string of the molecule is CCCC(=O)Nc1ccccc1-c1nc2cc3ccccc3cc2[nH]c1=O. The number of nitrogens with one attached hydrogen (secondary N) is 2. The lowest BCUT2D eigenvalue weighted by atomic mass is 10.1. The van der Waals surface area contributed by atoms with E-state index in [-0.39, 0.29) is 11.5 Å². The minimum absolute atomic E-state index is 0.0758. The van der Waals surface area contributed by atoms with Crippen LogP contribution < -0.4 is 10.9 Å². The molecule has 0 spiro atoms. The summed E-state index contributed by atoms with van der Waals surface area (Å²) in [6.45, 7) is 1.95. The van der Waals surface area contributed by atoms with E-state index >= 15 is 0 Å². The highest BCUT2D eigenvalue weighted by molar-refractivity contribution is 5.97. The minimum Gasteiger partial charge on any atom is -0.325 e. The molecule has 0 fully saturated rings. The summed E-state index contributed by atoms with van der Waals surface area (Å²) >= 11 is 0. The third-order valence-corrected chi connectivity index (χ3v) is 4.49. The van der Waals surface area contributed by atoms with Crippen LogP contribution in [0.2, 0.25) is 0 Å². The molecule has 0 aliphatic carbocycles. The summed E-state index contributed by atoms with van der Waals surface area (Å²) in [7, 11) is 0. The summed E-state index contributed by atoms with van der Waals surface area (Å²) < 4.78 is 0. The number of hydrogen-bond acceptors (Lipinski definition) is 3. The molecule has 2 N–H and O–H groups in total. The van der Waals surface area contributed by atoms with Crippen molar-refractivity contribution in [3.05, 3.63) is 71.0 Å². The number of para-hydroxylation sites is 1. The van der Waals surface area contributed by atoms with Crippen molar-refractivity contribution in [3.63, 3.8) is 0 Å². The van der Waals surface area contributed by atoms with Crippen LogP contribution in [0.15, 0.2) is 65.5 Å². The number of H-pyrrole nitrogens is 1. The maximum absolute atomic E-state index is 12.7. The molecule has 0 aliphatic rings. The Kier molecular flexibility index (Phi) is 4.42. The van der Waals surface area contributed by atoms with Gasteiger partial charge in [0.1, 0.15) is 5.69 Å². The molecule has 0 saturated carbocycles. The molecule has 0 unspecified atom stereocenters. The van der Waals surface area contributed by atoms with Gasteiger partial charge < -0.3 is 10.3 Å². The van der Waals surface area contributed by atoms with Gasteiger partial charge in [0, 0.05) is 12.0 Å². The molecule has 5 heteroatoms. The molecule has 0 bridgehead atoms. The van der Waals surface area contributed by atoms with Crippen LogP contribution in [0.3, 0.4) is 0 Å². The fourth-order valence-electron chi connectivity index (χ4n) is 3.19. The van der Waals surface area contributed by atoms with Crippen LogP contribution >= 0.6 is 0 Å². The van der Waals surface area contributed by atoms with Crippen molar-refractivity contribution in [1.29, 1.82) is 0 Å². The smallest absolute Gasteiger partial charge is 0.275 e.